The zero-order valence-electron chi connectivity index (χ0n) is 15.7. The molecule has 3 rings (SSSR count). The van der Waals surface area contributed by atoms with Crippen LogP contribution in [0.5, 0.6) is 5.75 Å². The van der Waals surface area contributed by atoms with Crippen molar-refractivity contribution in [2.45, 2.75) is 63.7 Å². The molecule has 1 aliphatic carbocycles. The SMILES string of the molecule is CCCCCOc1ccc(C2CCC(c3cc(F)c(F)nc3F)CC2)cc1. The Morgan fingerprint density at radius 3 is 2.26 bits per heavy atom. The second kappa shape index (κ2) is 9.25. The van der Waals surface area contributed by atoms with Crippen molar-refractivity contribution in [3.05, 3.63) is 59.2 Å². The first-order chi connectivity index (χ1) is 13.1. The molecule has 1 aromatic carbocycles. The lowest BCUT2D eigenvalue weighted by molar-refractivity contribution is 0.306. The second-order valence-electron chi connectivity index (χ2n) is 7.31. The van der Waals surface area contributed by atoms with Crippen LogP contribution >= 0.6 is 0 Å². The Kier molecular flexibility index (Phi) is 6.75. The van der Waals surface area contributed by atoms with Crippen LogP contribution in [-0.4, -0.2) is 11.6 Å². The molecule has 0 spiro atoms. The number of ether oxygens (including phenoxy) is 1. The van der Waals surface area contributed by atoms with Crippen molar-refractivity contribution in [1.82, 2.24) is 4.98 Å². The highest BCUT2D eigenvalue weighted by Crippen LogP contribution is 2.41. The molecular weight excluding hydrogens is 351 g/mol. The predicted molar refractivity (Wildman–Crippen MR) is 99.5 cm³/mol. The Bertz CT molecular complexity index is 740. The minimum atomic E-state index is -1.37. The number of benzene rings is 1. The number of unbranched alkanes of at least 4 members (excludes halogenated alkanes) is 2. The van der Waals surface area contributed by atoms with Gasteiger partial charge in [0.1, 0.15) is 5.75 Å². The van der Waals surface area contributed by atoms with Gasteiger partial charge in [-0.3, -0.25) is 0 Å². The van der Waals surface area contributed by atoms with Crippen molar-refractivity contribution in [3.8, 4) is 5.75 Å². The van der Waals surface area contributed by atoms with Crippen molar-refractivity contribution in [2.75, 3.05) is 6.61 Å². The van der Waals surface area contributed by atoms with E-state index in [4.69, 9.17) is 4.74 Å². The van der Waals surface area contributed by atoms with Crippen LogP contribution in [0.4, 0.5) is 13.2 Å². The highest BCUT2D eigenvalue weighted by Gasteiger charge is 2.27. The largest absolute Gasteiger partial charge is 0.494 e. The first kappa shape index (κ1) is 19.7. The normalized spacial score (nSPS) is 19.9. The van der Waals surface area contributed by atoms with Gasteiger partial charge in [0.05, 0.1) is 6.61 Å². The highest BCUT2D eigenvalue weighted by molar-refractivity contribution is 5.30. The number of rotatable bonds is 7. The Balaban J connectivity index is 1.55. The van der Waals surface area contributed by atoms with Gasteiger partial charge in [-0.1, -0.05) is 31.9 Å². The number of hydrogen-bond donors (Lipinski definition) is 0. The van der Waals surface area contributed by atoms with Crippen molar-refractivity contribution in [3.63, 3.8) is 0 Å². The average Bonchev–Trinajstić information content (AvgIpc) is 2.69. The lowest BCUT2D eigenvalue weighted by Gasteiger charge is -2.29. The molecule has 1 aromatic heterocycles. The molecular formula is C22H26F3NO. The van der Waals surface area contributed by atoms with Crippen LogP contribution in [-0.2, 0) is 0 Å². The molecule has 0 aliphatic heterocycles. The van der Waals surface area contributed by atoms with E-state index in [0.717, 1.165) is 50.5 Å². The molecule has 2 aromatic rings. The summed E-state index contributed by atoms with van der Waals surface area (Å²) in [4.78, 5) is 3.05. The second-order valence-corrected chi connectivity index (χ2v) is 7.31. The molecule has 0 bridgehead atoms. The molecule has 146 valence electrons. The van der Waals surface area contributed by atoms with E-state index >= 15 is 0 Å². The van der Waals surface area contributed by atoms with Crippen molar-refractivity contribution >= 4 is 0 Å². The van der Waals surface area contributed by atoms with Gasteiger partial charge >= 0.3 is 0 Å². The predicted octanol–water partition coefficient (Wildman–Crippen LogP) is 6.51. The van der Waals surface area contributed by atoms with E-state index < -0.39 is 17.7 Å². The first-order valence-electron chi connectivity index (χ1n) is 9.82. The van der Waals surface area contributed by atoms with Gasteiger partial charge in [0, 0.05) is 5.56 Å². The van der Waals surface area contributed by atoms with Gasteiger partial charge in [-0.15, -0.1) is 0 Å². The third-order valence-electron chi connectivity index (χ3n) is 5.45. The van der Waals surface area contributed by atoms with Gasteiger partial charge in [0.25, 0.3) is 5.95 Å². The highest BCUT2D eigenvalue weighted by atomic mass is 19.2. The molecule has 5 heteroatoms. The maximum absolute atomic E-state index is 13.9. The molecule has 0 radical (unpaired) electrons. The van der Waals surface area contributed by atoms with Crippen LogP contribution in [0, 0.1) is 17.7 Å². The summed E-state index contributed by atoms with van der Waals surface area (Å²) < 4.78 is 46.1. The van der Waals surface area contributed by atoms with Crippen molar-refractivity contribution < 1.29 is 17.9 Å². The molecule has 27 heavy (non-hydrogen) atoms. The third-order valence-corrected chi connectivity index (χ3v) is 5.45. The number of nitrogens with zero attached hydrogens (tertiary/aromatic N) is 1. The van der Waals surface area contributed by atoms with Crippen LogP contribution in [0.3, 0.4) is 0 Å². The summed E-state index contributed by atoms with van der Waals surface area (Å²) in [5, 5.41) is 0. The summed E-state index contributed by atoms with van der Waals surface area (Å²) in [6, 6.07) is 9.17. The van der Waals surface area contributed by atoms with Crippen LogP contribution in [0.15, 0.2) is 30.3 Å². The van der Waals surface area contributed by atoms with Crippen LogP contribution in [0.1, 0.15) is 74.8 Å². The van der Waals surface area contributed by atoms with Gasteiger partial charge < -0.3 is 4.74 Å². The fourth-order valence-corrected chi connectivity index (χ4v) is 3.86. The molecule has 1 heterocycles. The maximum atomic E-state index is 13.9. The quantitative estimate of drug-likeness (QED) is 0.405. The Morgan fingerprint density at radius 1 is 0.926 bits per heavy atom. The van der Waals surface area contributed by atoms with E-state index in [0.29, 0.717) is 5.92 Å². The van der Waals surface area contributed by atoms with Gasteiger partial charge in [0.2, 0.25) is 5.95 Å². The fraction of sp³-hybridized carbons (Fsp3) is 0.500. The van der Waals surface area contributed by atoms with Gasteiger partial charge in [0.15, 0.2) is 5.82 Å². The molecule has 0 atom stereocenters. The molecule has 1 fully saturated rings. The van der Waals surface area contributed by atoms with Crippen LogP contribution < -0.4 is 4.74 Å². The number of halogens is 3. The maximum Gasteiger partial charge on any atom is 0.251 e. The Hall–Kier alpha value is -2.04. The molecule has 1 saturated carbocycles. The van der Waals surface area contributed by atoms with E-state index in [1.807, 2.05) is 12.1 Å². The molecule has 0 N–H and O–H groups in total. The van der Waals surface area contributed by atoms with Crippen molar-refractivity contribution in [1.29, 1.82) is 0 Å². The number of pyridine rings is 1. The number of hydrogen-bond acceptors (Lipinski definition) is 2. The fourth-order valence-electron chi connectivity index (χ4n) is 3.86. The molecule has 0 unspecified atom stereocenters. The average molecular weight is 377 g/mol. The molecule has 0 saturated heterocycles. The summed E-state index contributed by atoms with van der Waals surface area (Å²) in [6.07, 6.45) is 6.68. The van der Waals surface area contributed by atoms with E-state index in [9.17, 15) is 13.2 Å². The van der Waals surface area contributed by atoms with Crippen LogP contribution in [0.2, 0.25) is 0 Å². The van der Waals surface area contributed by atoms with Crippen molar-refractivity contribution in [2.24, 2.45) is 0 Å². The minimum absolute atomic E-state index is 0.106. The zero-order valence-corrected chi connectivity index (χ0v) is 15.7. The lowest BCUT2D eigenvalue weighted by atomic mass is 9.76. The minimum Gasteiger partial charge on any atom is -0.494 e. The first-order valence-corrected chi connectivity index (χ1v) is 9.82. The third kappa shape index (κ3) is 5.02. The Labute approximate surface area is 158 Å². The molecule has 0 amide bonds. The zero-order chi connectivity index (χ0) is 19.2. The summed E-state index contributed by atoms with van der Waals surface area (Å²) in [5.41, 5.74) is 1.45. The standard InChI is InChI=1S/C22H26F3NO/c1-2-3-4-13-27-18-11-9-16(10-12-18)15-5-7-17(8-6-15)19-14-20(23)22(25)26-21(19)24/h9-12,14-15,17H,2-8,13H2,1H3. The monoisotopic (exact) mass is 377 g/mol. The summed E-state index contributed by atoms with van der Waals surface area (Å²) in [5.74, 6) is -2.16. The van der Waals surface area contributed by atoms with Gasteiger partial charge in [-0.25, -0.2) is 4.39 Å². The van der Waals surface area contributed by atoms with Gasteiger partial charge in [-0.05, 0) is 67.7 Å². The van der Waals surface area contributed by atoms with E-state index in [2.05, 4.69) is 24.0 Å². The van der Waals surface area contributed by atoms with Gasteiger partial charge in [-0.2, -0.15) is 13.8 Å². The Morgan fingerprint density at radius 2 is 1.59 bits per heavy atom. The summed E-state index contributed by atoms with van der Waals surface area (Å²) in [6.45, 7) is 2.91. The number of aromatic nitrogens is 1. The summed E-state index contributed by atoms with van der Waals surface area (Å²) in [7, 11) is 0. The molecule has 2 nitrogen and oxygen atoms in total. The lowest BCUT2D eigenvalue weighted by Crippen LogP contribution is -2.14. The van der Waals surface area contributed by atoms with Crippen LogP contribution in [0.25, 0.3) is 0 Å². The summed E-state index contributed by atoms with van der Waals surface area (Å²) >= 11 is 0. The topological polar surface area (TPSA) is 22.1 Å². The molecule has 1 aliphatic rings. The van der Waals surface area contributed by atoms with E-state index in [-0.39, 0.29) is 11.5 Å². The van der Waals surface area contributed by atoms with E-state index in [1.165, 1.54) is 18.4 Å². The van der Waals surface area contributed by atoms with E-state index in [1.54, 1.807) is 0 Å². The smallest absolute Gasteiger partial charge is 0.251 e.